The summed E-state index contributed by atoms with van der Waals surface area (Å²) in [5.41, 5.74) is 4.14. The Morgan fingerprint density at radius 3 is 2.59 bits per heavy atom. The monoisotopic (exact) mass is 234 g/mol. The molecule has 2 aromatic rings. The Bertz CT molecular complexity index is 480. The van der Waals surface area contributed by atoms with Crippen molar-refractivity contribution in [1.29, 1.82) is 0 Å². The number of hydrogen-bond donors (Lipinski definition) is 2. The van der Waals surface area contributed by atoms with E-state index in [0.717, 1.165) is 5.69 Å². The highest BCUT2D eigenvalue weighted by molar-refractivity contribution is 5.22. The predicted octanol–water partition coefficient (Wildman–Crippen LogP) is -0.229. The third-order valence-corrected chi connectivity index (χ3v) is 2.36. The molecule has 17 heavy (non-hydrogen) atoms. The predicted molar refractivity (Wildman–Crippen MR) is 61.0 cm³/mol. The van der Waals surface area contributed by atoms with Crippen molar-refractivity contribution < 1.29 is 4.74 Å². The molecule has 0 aliphatic rings. The molecular formula is C10H14N6O. The van der Waals surface area contributed by atoms with Crippen LogP contribution >= 0.6 is 0 Å². The number of rotatable bonds is 4. The van der Waals surface area contributed by atoms with Crippen LogP contribution in [0.3, 0.4) is 0 Å². The molecule has 90 valence electrons. The fourth-order valence-electron chi connectivity index (χ4n) is 1.50. The topological polar surface area (TPSA) is 90.9 Å². The van der Waals surface area contributed by atoms with E-state index in [1.807, 2.05) is 19.3 Å². The van der Waals surface area contributed by atoms with Gasteiger partial charge in [-0.05, 0) is 12.1 Å². The van der Waals surface area contributed by atoms with Crippen molar-refractivity contribution in [2.24, 2.45) is 12.9 Å². The molecule has 2 heterocycles. The van der Waals surface area contributed by atoms with Gasteiger partial charge in [-0.25, -0.2) is 5.43 Å². The van der Waals surface area contributed by atoms with E-state index in [1.165, 1.54) is 0 Å². The summed E-state index contributed by atoms with van der Waals surface area (Å²) in [5.74, 6) is 5.98. The molecule has 0 saturated carbocycles. The van der Waals surface area contributed by atoms with Gasteiger partial charge in [0.1, 0.15) is 6.04 Å². The number of aromatic nitrogens is 4. The Morgan fingerprint density at radius 2 is 2.12 bits per heavy atom. The average Bonchev–Trinajstić information content (AvgIpc) is 2.78. The van der Waals surface area contributed by atoms with Crippen molar-refractivity contribution in [2.75, 3.05) is 7.11 Å². The molecule has 1 unspecified atom stereocenters. The van der Waals surface area contributed by atoms with E-state index in [4.69, 9.17) is 10.6 Å². The Hall–Kier alpha value is -1.99. The summed E-state index contributed by atoms with van der Waals surface area (Å²) in [6.07, 6.45) is 1.84. The molecule has 0 spiro atoms. The molecule has 0 aliphatic heterocycles. The molecule has 2 aromatic heterocycles. The average molecular weight is 234 g/mol. The van der Waals surface area contributed by atoms with Crippen molar-refractivity contribution in [3.63, 3.8) is 0 Å². The zero-order valence-corrected chi connectivity index (χ0v) is 9.66. The Labute approximate surface area is 98.6 Å². The highest BCUT2D eigenvalue weighted by atomic mass is 16.5. The number of nitrogens with zero attached hydrogens (tertiary/aromatic N) is 4. The first-order valence-corrected chi connectivity index (χ1v) is 5.08. The molecule has 7 nitrogen and oxygen atoms in total. The number of ether oxygens (including phenoxy) is 1. The molecule has 3 N–H and O–H groups in total. The Morgan fingerprint density at radius 1 is 1.29 bits per heavy atom. The van der Waals surface area contributed by atoms with Gasteiger partial charge in [-0.15, -0.1) is 10.2 Å². The normalized spacial score (nSPS) is 12.4. The fraction of sp³-hybridized carbons (Fsp3) is 0.300. The Balaban J connectivity index is 2.28. The highest BCUT2D eigenvalue weighted by Crippen LogP contribution is 2.17. The third-order valence-electron chi connectivity index (χ3n) is 2.36. The van der Waals surface area contributed by atoms with E-state index in [0.29, 0.717) is 11.6 Å². The molecule has 0 bridgehead atoms. The van der Waals surface area contributed by atoms with E-state index >= 15 is 0 Å². The first-order valence-electron chi connectivity index (χ1n) is 5.08. The van der Waals surface area contributed by atoms with E-state index in [2.05, 4.69) is 20.7 Å². The van der Waals surface area contributed by atoms with Gasteiger partial charge in [0.15, 0.2) is 0 Å². The molecule has 2 rings (SSSR count). The molecule has 0 saturated heterocycles. The van der Waals surface area contributed by atoms with Gasteiger partial charge in [0, 0.05) is 19.3 Å². The summed E-state index contributed by atoms with van der Waals surface area (Å²) in [6.45, 7) is 0. The molecule has 0 amide bonds. The number of hydrogen-bond acceptors (Lipinski definition) is 6. The van der Waals surface area contributed by atoms with Gasteiger partial charge in [0.25, 0.3) is 0 Å². The molecule has 0 aliphatic carbocycles. The second-order valence-corrected chi connectivity index (χ2v) is 3.51. The zero-order chi connectivity index (χ0) is 12.3. The number of aryl methyl sites for hydroxylation is 1. The quantitative estimate of drug-likeness (QED) is 0.561. The van der Waals surface area contributed by atoms with Crippen LogP contribution in [-0.2, 0) is 7.05 Å². The van der Waals surface area contributed by atoms with Crippen LogP contribution < -0.4 is 16.0 Å². The minimum atomic E-state index is -0.283. The van der Waals surface area contributed by atoms with Gasteiger partial charge in [-0.2, -0.15) is 5.10 Å². The second kappa shape index (κ2) is 4.89. The van der Waals surface area contributed by atoms with E-state index < -0.39 is 0 Å². The first kappa shape index (κ1) is 11.5. The van der Waals surface area contributed by atoms with Crippen LogP contribution in [0.15, 0.2) is 24.4 Å². The minimum absolute atomic E-state index is 0.283. The lowest BCUT2D eigenvalue weighted by Gasteiger charge is -2.12. The van der Waals surface area contributed by atoms with Gasteiger partial charge in [-0.1, -0.05) is 0 Å². The highest BCUT2D eigenvalue weighted by Gasteiger charge is 2.17. The van der Waals surface area contributed by atoms with Gasteiger partial charge >= 0.3 is 0 Å². The lowest BCUT2D eigenvalue weighted by Crippen LogP contribution is -2.30. The van der Waals surface area contributed by atoms with Crippen LogP contribution in [0.5, 0.6) is 5.88 Å². The van der Waals surface area contributed by atoms with Crippen LogP contribution in [0.1, 0.15) is 17.4 Å². The van der Waals surface area contributed by atoms with Gasteiger partial charge in [0.2, 0.25) is 5.88 Å². The Kier molecular flexibility index (Phi) is 3.31. The molecular weight excluding hydrogens is 220 g/mol. The SMILES string of the molecule is COc1ccc(C(NN)c2ccn(C)n2)nn1. The van der Waals surface area contributed by atoms with Gasteiger partial charge in [0.05, 0.1) is 18.5 Å². The smallest absolute Gasteiger partial charge is 0.233 e. The molecule has 0 aromatic carbocycles. The summed E-state index contributed by atoms with van der Waals surface area (Å²) >= 11 is 0. The van der Waals surface area contributed by atoms with Crippen molar-refractivity contribution in [1.82, 2.24) is 25.4 Å². The van der Waals surface area contributed by atoms with Crippen LogP contribution in [0.25, 0.3) is 0 Å². The fourth-order valence-corrected chi connectivity index (χ4v) is 1.50. The minimum Gasteiger partial charge on any atom is -0.480 e. The van der Waals surface area contributed by atoms with Crippen molar-refractivity contribution in [3.8, 4) is 5.88 Å². The van der Waals surface area contributed by atoms with Crippen LogP contribution in [0.2, 0.25) is 0 Å². The van der Waals surface area contributed by atoms with Gasteiger partial charge in [-0.3, -0.25) is 10.5 Å². The summed E-state index contributed by atoms with van der Waals surface area (Å²) in [6, 6.07) is 5.12. The summed E-state index contributed by atoms with van der Waals surface area (Å²) in [7, 11) is 3.39. The van der Waals surface area contributed by atoms with E-state index in [9.17, 15) is 0 Å². The lowest BCUT2D eigenvalue weighted by molar-refractivity contribution is 0.390. The van der Waals surface area contributed by atoms with Crippen molar-refractivity contribution >= 4 is 0 Å². The molecule has 7 heteroatoms. The van der Waals surface area contributed by atoms with Crippen LogP contribution in [0.4, 0.5) is 0 Å². The third kappa shape index (κ3) is 2.40. The number of nitrogens with two attached hydrogens (primary N) is 1. The van der Waals surface area contributed by atoms with Crippen molar-refractivity contribution in [2.45, 2.75) is 6.04 Å². The molecule has 0 fully saturated rings. The summed E-state index contributed by atoms with van der Waals surface area (Å²) in [5, 5.41) is 12.2. The van der Waals surface area contributed by atoms with Crippen molar-refractivity contribution in [3.05, 3.63) is 35.8 Å². The van der Waals surface area contributed by atoms with E-state index in [1.54, 1.807) is 23.9 Å². The van der Waals surface area contributed by atoms with Crippen LogP contribution in [-0.4, -0.2) is 27.1 Å². The maximum absolute atomic E-state index is 5.52. The zero-order valence-electron chi connectivity index (χ0n) is 9.66. The second-order valence-electron chi connectivity index (χ2n) is 3.51. The lowest BCUT2D eigenvalue weighted by atomic mass is 10.1. The maximum atomic E-state index is 5.52. The standard InChI is InChI=1S/C10H14N6O/c1-16-6-5-8(15-16)10(12-11)7-3-4-9(17-2)14-13-7/h3-6,10,12H,11H2,1-2H3. The number of hydrazine groups is 1. The largest absolute Gasteiger partial charge is 0.480 e. The summed E-state index contributed by atoms with van der Waals surface area (Å²) in [4.78, 5) is 0. The van der Waals surface area contributed by atoms with Crippen LogP contribution in [0, 0.1) is 0 Å². The number of nitrogens with one attached hydrogen (secondary N) is 1. The van der Waals surface area contributed by atoms with Gasteiger partial charge < -0.3 is 4.74 Å². The first-order chi connectivity index (χ1) is 8.24. The molecule has 1 atom stereocenters. The number of methoxy groups -OCH3 is 1. The summed E-state index contributed by atoms with van der Waals surface area (Å²) < 4.78 is 6.65. The molecule has 0 radical (unpaired) electrons. The van der Waals surface area contributed by atoms with E-state index in [-0.39, 0.29) is 6.04 Å². The maximum Gasteiger partial charge on any atom is 0.233 e.